The minimum Gasteiger partial charge on any atom is -0.384 e. The van der Waals surface area contributed by atoms with Crippen molar-refractivity contribution in [3.8, 4) is 0 Å². The lowest BCUT2D eigenvalue weighted by Gasteiger charge is -2.09. The van der Waals surface area contributed by atoms with Crippen molar-refractivity contribution in [2.75, 3.05) is 20.3 Å². The van der Waals surface area contributed by atoms with E-state index in [1.807, 2.05) is 0 Å². The van der Waals surface area contributed by atoms with Gasteiger partial charge in [0.25, 0.3) is 0 Å². The van der Waals surface area contributed by atoms with Crippen molar-refractivity contribution < 1.29 is 17.7 Å². The Bertz CT molecular complexity index is 467. The van der Waals surface area contributed by atoms with E-state index in [1.54, 1.807) is 21.0 Å². The second-order valence-electron chi connectivity index (χ2n) is 3.89. The summed E-state index contributed by atoms with van der Waals surface area (Å²) in [6, 6.07) is 0. The maximum Gasteiger partial charge on any atom is 0.245 e. The number of aryl methyl sites for hydroxylation is 2. The van der Waals surface area contributed by atoms with E-state index in [4.69, 9.17) is 9.26 Å². The van der Waals surface area contributed by atoms with Gasteiger partial charge < -0.3 is 9.26 Å². The number of methoxy groups -OCH3 is 1. The molecule has 0 radical (unpaired) electrons. The fraction of sp³-hybridized carbons (Fsp3) is 0.700. The van der Waals surface area contributed by atoms with Crippen LogP contribution >= 0.6 is 15.9 Å². The molecule has 1 aromatic heterocycles. The normalized spacial score (nSPS) is 13.8. The van der Waals surface area contributed by atoms with Crippen LogP contribution in [-0.2, 0) is 14.8 Å². The summed E-state index contributed by atoms with van der Waals surface area (Å²) in [5.74, 6) is 0.298. The first kappa shape index (κ1) is 15.6. The molecule has 0 aliphatic heterocycles. The van der Waals surface area contributed by atoms with E-state index >= 15 is 0 Å². The van der Waals surface area contributed by atoms with Gasteiger partial charge in [-0.25, -0.2) is 13.1 Å². The highest BCUT2D eigenvalue weighted by Gasteiger charge is 2.23. The first-order valence-electron chi connectivity index (χ1n) is 5.44. The molecular formula is C10H17BrN2O4S. The van der Waals surface area contributed by atoms with Crippen LogP contribution in [0, 0.1) is 13.8 Å². The van der Waals surface area contributed by atoms with Gasteiger partial charge in [0.1, 0.15) is 10.6 Å². The van der Waals surface area contributed by atoms with Crippen LogP contribution in [0.1, 0.15) is 17.9 Å². The van der Waals surface area contributed by atoms with Gasteiger partial charge in [-0.3, -0.25) is 0 Å². The molecule has 0 bridgehead atoms. The van der Waals surface area contributed by atoms with Crippen LogP contribution in [-0.4, -0.2) is 38.7 Å². The summed E-state index contributed by atoms with van der Waals surface area (Å²) in [5, 5.41) is 3.63. The van der Waals surface area contributed by atoms with E-state index in [-0.39, 0.29) is 9.72 Å². The molecule has 1 heterocycles. The second kappa shape index (κ2) is 6.65. The third-order valence-electron chi connectivity index (χ3n) is 2.33. The standard InChI is InChI=1S/C10H17BrN2O4S/c1-7-10(8(2)17-13-7)18(14,15)12-5-4-9(11)6-16-3/h9,12H,4-6H2,1-3H3. The van der Waals surface area contributed by atoms with Crippen molar-refractivity contribution in [2.24, 2.45) is 0 Å². The van der Waals surface area contributed by atoms with Gasteiger partial charge in [-0.2, -0.15) is 0 Å². The number of aromatic nitrogens is 1. The number of sulfonamides is 1. The summed E-state index contributed by atoms with van der Waals surface area (Å²) in [4.78, 5) is 0.246. The summed E-state index contributed by atoms with van der Waals surface area (Å²) in [7, 11) is -1.96. The third kappa shape index (κ3) is 4.04. The number of rotatable bonds is 7. The maximum atomic E-state index is 12.0. The van der Waals surface area contributed by atoms with Gasteiger partial charge in [0.05, 0.1) is 6.61 Å². The Balaban J connectivity index is 2.61. The fourth-order valence-electron chi connectivity index (χ4n) is 1.54. The van der Waals surface area contributed by atoms with Gasteiger partial charge in [0, 0.05) is 18.5 Å². The van der Waals surface area contributed by atoms with Crippen LogP contribution in [0.4, 0.5) is 0 Å². The number of alkyl halides is 1. The van der Waals surface area contributed by atoms with E-state index in [0.717, 1.165) is 0 Å². The predicted octanol–water partition coefficient (Wildman–Crippen LogP) is 1.37. The molecular weight excluding hydrogens is 324 g/mol. The fourth-order valence-corrected chi connectivity index (χ4v) is 3.41. The van der Waals surface area contributed by atoms with Gasteiger partial charge in [-0.1, -0.05) is 21.1 Å². The Morgan fingerprint density at radius 3 is 2.67 bits per heavy atom. The Labute approximate surface area is 115 Å². The molecule has 1 N–H and O–H groups in total. The summed E-state index contributed by atoms with van der Waals surface area (Å²) in [6.07, 6.45) is 0.635. The molecule has 0 spiro atoms. The molecule has 0 saturated heterocycles. The molecule has 104 valence electrons. The van der Waals surface area contributed by atoms with E-state index in [0.29, 0.717) is 31.0 Å². The van der Waals surface area contributed by atoms with Crippen LogP contribution in [0.3, 0.4) is 0 Å². The predicted molar refractivity (Wildman–Crippen MR) is 70.4 cm³/mol. The molecule has 1 unspecified atom stereocenters. The maximum absolute atomic E-state index is 12.0. The van der Waals surface area contributed by atoms with Gasteiger partial charge >= 0.3 is 0 Å². The van der Waals surface area contributed by atoms with E-state index in [9.17, 15) is 8.42 Å². The molecule has 1 aromatic rings. The lowest BCUT2D eigenvalue weighted by atomic mass is 10.3. The number of halogens is 1. The Morgan fingerprint density at radius 2 is 2.17 bits per heavy atom. The number of nitrogens with one attached hydrogen (secondary N) is 1. The van der Waals surface area contributed by atoms with Gasteiger partial charge in [-0.15, -0.1) is 0 Å². The smallest absolute Gasteiger partial charge is 0.245 e. The van der Waals surface area contributed by atoms with Crippen molar-refractivity contribution in [2.45, 2.75) is 30.0 Å². The zero-order valence-corrected chi connectivity index (χ0v) is 13.0. The van der Waals surface area contributed by atoms with Gasteiger partial charge in [-0.05, 0) is 20.3 Å². The minimum absolute atomic E-state index is 0.120. The van der Waals surface area contributed by atoms with Crippen LogP contribution in [0.2, 0.25) is 0 Å². The third-order valence-corrected chi connectivity index (χ3v) is 4.76. The summed E-state index contributed by atoms with van der Waals surface area (Å²) in [5.41, 5.74) is 0.368. The van der Waals surface area contributed by atoms with E-state index < -0.39 is 10.0 Å². The van der Waals surface area contributed by atoms with Crippen molar-refractivity contribution in [3.63, 3.8) is 0 Å². The molecule has 6 nitrogen and oxygen atoms in total. The Hall–Kier alpha value is -0.440. The van der Waals surface area contributed by atoms with E-state index in [2.05, 4.69) is 25.8 Å². The molecule has 18 heavy (non-hydrogen) atoms. The molecule has 1 rings (SSSR count). The Kier molecular flexibility index (Phi) is 5.77. The molecule has 0 amide bonds. The molecule has 0 fully saturated rings. The lowest BCUT2D eigenvalue weighted by molar-refractivity contribution is 0.199. The van der Waals surface area contributed by atoms with Crippen molar-refractivity contribution >= 4 is 26.0 Å². The number of nitrogens with zero attached hydrogens (tertiary/aromatic N) is 1. The van der Waals surface area contributed by atoms with Crippen LogP contribution in [0.15, 0.2) is 9.42 Å². The minimum atomic E-state index is -3.56. The number of hydrogen-bond donors (Lipinski definition) is 1. The lowest BCUT2D eigenvalue weighted by Crippen LogP contribution is -2.27. The topological polar surface area (TPSA) is 81.4 Å². The summed E-state index contributed by atoms with van der Waals surface area (Å²) < 4.78 is 36.3. The average Bonchev–Trinajstić information content (AvgIpc) is 2.59. The van der Waals surface area contributed by atoms with E-state index in [1.165, 1.54) is 0 Å². The zero-order valence-electron chi connectivity index (χ0n) is 10.6. The quantitative estimate of drug-likeness (QED) is 0.758. The van der Waals surface area contributed by atoms with Gasteiger partial charge in [0.2, 0.25) is 10.0 Å². The van der Waals surface area contributed by atoms with Crippen LogP contribution in [0.5, 0.6) is 0 Å². The van der Waals surface area contributed by atoms with Crippen molar-refractivity contribution in [3.05, 3.63) is 11.5 Å². The highest BCUT2D eigenvalue weighted by molar-refractivity contribution is 9.09. The first-order valence-corrected chi connectivity index (χ1v) is 7.84. The number of ether oxygens (including phenoxy) is 1. The molecule has 0 aliphatic carbocycles. The molecule has 0 aliphatic rings. The Morgan fingerprint density at radius 1 is 1.50 bits per heavy atom. The monoisotopic (exact) mass is 340 g/mol. The highest BCUT2D eigenvalue weighted by atomic mass is 79.9. The highest BCUT2D eigenvalue weighted by Crippen LogP contribution is 2.18. The number of hydrogen-bond acceptors (Lipinski definition) is 5. The van der Waals surface area contributed by atoms with Crippen LogP contribution in [0.25, 0.3) is 0 Å². The average molecular weight is 341 g/mol. The molecule has 0 saturated carbocycles. The zero-order chi connectivity index (χ0) is 13.8. The second-order valence-corrected chi connectivity index (χ2v) is 6.89. The van der Waals surface area contributed by atoms with Crippen LogP contribution < -0.4 is 4.72 Å². The van der Waals surface area contributed by atoms with Crippen molar-refractivity contribution in [1.29, 1.82) is 0 Å². The first-order chi connectivity index (χ1) is 8.38. The largest absolute Gasteiger partial charge is 0.384 e. The summed E-state index contributed by atoms with van der Waals surface area (Å²) in [6.45, 7) is 4.04. The molecule has 0 aromatic carbocycles. The molecule has 1 atom stereocenters. The molecule has 8 heteroatoms. The van der Waals surface area contributed by atoms with Gasteiger partial charge in [0.15, 0.2) is 5.76 Å². The summed E-state index contributed by atoms with van der Waals surface area (Å²) >= 11 is 3.39. The SMILES string of the molecule is COCC(Br)CCNS(=O)(=O)c1c(C)noc1C. The van der Waals surface area contributed by atoms with Crippen molar-refractivity contribution in [1.82, 2.24) is 9.88 Å².